The zero-order chi connectivity index (χ0) is 10.9. The van der Waals surface area contributed by atoms with Crippen LogP contribution in [0.2, 0.25) is 0 Å². The van der Waals surface area contributed by atoms with Crippen molar-refractivity contribution in [2.75, 3.05) is 5.73 Å². The van der Waals surface area contributed by atoms with E-state index in [9.17, 15) is 13.6 Å². The van der Waals surface area contributed by atoms with Gasteiger partial charge in [-0.15, -0.1) is 0 Å². The number of alkyl halides is 2. The standard InChI is InChI=1S/C9H9F2NO2/c1-4(13)6-2-5(14)3-7(12)8(6)9(10)11/h2-3,9,14H,12H2,1H3. The third-order valence-corrected chi connectivity index (χ3v) is 1.79. The van der Waals surface area contributed by atoms with Crippen LogP contribution in [0.25, 0.3) is 0 Å². The fraction of sp³-hybridized carbons (Fsp3) is 0.222. The van der Waals surface area contributed by atoms with E-state index < -0.39 is 17.8 Å². The molecule has 0 aliphatic heterocycles. The van der Waals surface area contributed by atoms with Gasteiger partial charge in [-0.25, -0.2) is 8.78 Å². The molecule has 0 unspecified atom stereocenters. The Bertz CT molecular complexity index is 377. The van der Waals surface area contributed by atoms with Crippen LogP contribution >= 0.6 is 0 Å². The molecule has 0 heterocycles. The molecule has 3 N–H and O–H groups in total. The average molecular weight is 201 g/mol. The number of halogens is 2. The molecular formula is C9H9F2NO2. The zero-order valence-electron chi connectivity index (χ0n) is 7.42. The smallest absolute Gasteiger partial charge is 0.266 e. The monoisotopic (exact) mass is 201 g/mol. The highest BCUT2D eigenvalue weighted by Gasteiger charge is 2.20. The number of rotatable bonds is 2. The molecule has 1 aromatic rings. The molecule has 0 spiro atoms. The van der Waals surface area contributed by atoms with E-state index in [-0.39, 0.29) is 17.0 Å². The van der Waals surface area contributed by atoms with Gasteiger partial charge >= 0.3 is 0 Å². The number of phenolic OH excluding ortho intramolecular Hbond substituents is 1. The van der Waals surface area contributed by atoms with Gasteiger partial charge in [0.15, 0.2) is 5.78 Å². The van der Waals surface area contributed by atoms with Crippen molar-refractivity contribution in [1.82, 2.24) is 0 Å². The average Bonchev–Trinajstić information content (AvgIpc) is 2.01. The van der Waals surface area contributed by atoms with Gasteiger partial charge < -0.3 is 10.8 Å². The van der Waals surface area contributed by atoms with Gasteiger partial charge in [-0.2, -0.15) is 0 Å². The Balaban J connectivity index is 3.44. The van der Waals surface area contributed by atoms with Gasteiger partial charge in [0.25, 0.3) is 6.43 Å². The lowest BCUT2D eigenvalue weighted by atomic mass is 10.0. The van der Waals surface area contributed by atoms with Gasteiger partial charge in [0.05, 0.1) is 5.56 Å². The van der Waals surface area contributed by atoms with Gasteiger partial charge in [0.2, 0.25) is 0 Å². The molecule has 0 atom stereocenters. The number of anilines is 1. The molecule has 5 heteroatoms. The lowest BCUT2D eigenvalue weighted by Crippen LogP contribution is -2.04. The summed E-state index contributed by atoms with van der Waals surface area (Å²) in [6.45, 7) is 1.14. The fourth-order valence-corrected chi connectivity index (χ4v) is 1.19. The third kappa shape index (κ3) is 1.81. The fourth-order valence-electron chi connectivity index (χ4n) is 1.19. The summed E-state index contributed by atoms with van der Waals surface area (Å²) >= 11 is 0. The number of nitrogens with two attached hydrogens (primary N) is 1. The predicted octanol–water partition coefficient (Wildman–Crippen LogP) is 2.11. The number of ketones is 1. The Kier molecular flexibility index (Phi) is 2.69. The maximum absolute atomic E-state index is 12.5. The van der Waals surface area contributed by atoms with Crippen LogP contribution in [0.1, 0.15) is 29.3 Å². The molecule has 76 valence electrons. The minimum absolute atomic E-state index is 0.238. The molecule has 0 amide bonds. The number of carbonyl (C=O) groups excluding carboxylic acids is 1. The summed E-state index contributed by atoms with van der Waals surface area (Å²) in [4.78, 5) is 11.0. The van der Waals surface area contributed by atoms with Crippen molar-refractivity contribution in [3.05, 3.63) is 23.3 Å². The second kappa shape index (κ2) is 3.61. The molecule has 0 fully saturated rings. The van der Waals surface area contributed by atoms with Crippen LogP contribution in [0.5, 0.6) is 5.75 Å². The Morgan fingerprint density at radius 2 is 2.07 bits per heavy atom. The molecule has 0 aliphatic rings. The molecule has 0 aromatic heterocycles. The number of carbonyl (C=O) groups is 1. The van der Waals surface area contributed by atoms with E-state index in [2.05, 4.69) is 0 Å². The largest absolute Gasteiger partial charge is 0.508 e. The summed E-state index contributed by atoms with van der Waals surface area (Å²) in [6, 6.07) is 1.98. The lowest BCUT2D eigenvalue weighted by molar-refractivity contribution is 0.0999. The van der Waals surface area contributed by atoms with E-state index in [4.69, 9.17) is 10.8 Å². The van der Waals surface area contributed by atoms with Crippen molar-refractivity contribution in [1.29, 1.82) is 0 Å². The first-order chi connectivity index (χ1) is 6.43. The van der Waals surface area contributed by atoms with E-state index in [1.54, 1.807) is 0 Å². The van der Waals surface area contributed by atoms with E-state index >= 15 is 0 Å². The topological polar surface area (TPSA) is 63.3 Å². The Morgan fingerprint density at radius 1 is 1.50 bits per heavy atom. The molecular weight excluding hydrogens is 192 g/mol. The Hall–Kier alpha value is -1.65. The van der Waals surface area contributed by atoms with Crippen LogP contribution in [0.15, 0.2) is 12.1 Å². The van der Waals surface area contributed by atoms with E-state index in [0.29, 0.717) is 0 Å². The highest BCUT2D eigenvalue weighted by Crippen LogP contribution is 2.32. The summed E-state index contributed by atoms with van der Waals surface area (Å²) in [6.07, 6.45) is -2.82. The third-order valence-electron chi connectivity index (χ3n) is 1.79. The minimum Gasteiger partial charge on any atom is -0.508 e. The molecule has 0 bridgehead atoms. The van der Waals surface area contributed by atoms with E-state index in [0.717, 1.165) is 19.1 Å². The summed E-state index contributed by atoms with van der Waals surface area (Å²) in [5, 5.41) is 9.07. The van der Waals surface area contributed by atoms with E-state index in [1.165, 1.54) is 0 Å². The number of hydrogen-bond donors (Lipinski definition) is 2. The molecule has 14 heavy (non-hydrogen) atoms. The maximum Gasteiger partial charge on any atom is 0.266 e. The molecule has 0 radical (unpaired) electrons. The molecule has 0 aliphatic carbocycles. The second-order valence-corrected chi connectivity index (χ2v) is 2.85. The number of phenols is 1. The summed E-state index contributed by atoms with van der Waals surface area (Å²) < 4.78 is 24.9. The minimum atomic E-state index is -2.82. The maximum atomic E-state index is 12.5. The highest BCUT2D eigenvalue weighted by molar-refractivity contribution is 5.97. The van der Waals surface area contributed by atoms with Gasteiger partial charge in [-0.1, -0.05) is 0 Å². The molecule has 0 saturated carbocycles. The molecule has 0 saturated heterocycles. The molecule has 1 rings (SSSR count). The second-order valence-electron chi connectivity index (χ2n) is 2.85. The van der Waals surface area contributed by atoms with Crippen molar-refractivity contribution in [3.63, 3.8) is 0 Å². The van der Waals surface area contributed by atoms with Crippen molar-refractivity contribution in [2.45, 2.75) is 13.3 Å². The van der Waals surface area contributed by atoms with Crippen LogP contribution in [-0.4, -0.2) is 10.9 Å². The SMILES string of the molecule is CC(=O)c1cc(O)cc(N)c1C(F)F. The summed E-state index contributed by atoms with van der Waals surface area (Å²) in [5.74, 6) is -0.847. The van der Waals surface area contributed by atoms with Crippen LogP contribution in [0, 0.1) is 0 Å². The van der Waals surface area contributed by atoms with Crippen molar-refractivity contribution >= 4 is 11.5 Å². The Morgan fingerprint density at radius 3 is 2.50 bits per heavy atom. The van der Waals surface area contributed by atoms with Gasteiger partial charge in [0.1, 0.15) is 5.75 Å². The first-order valence-corrected chi connectivity index (χ1v) is 3.85. The predicted molar refractivity (Wildman–Crippen MR) is 47.5 cm³/mol. The number of benzene rings is 1. The lowest BCUT2D eigenvalue weighted by Gasteiger charge is -2.09. The number of Topliss-reactive ketones (excluding diaryl/α,β-unsaturated/α-hetero) is 1. The normalized spacial score (nSPS) is 10.6. The Labute approximate surface area is 79.2 Å². The number of hydrogen-bond acceptors (Lipinski definition) is 3. The summed E-state index contributed by atoms with van der Waals surface area (Å²) in [5.41, 5.74) is 4.24. The van der Waals surface area contributed by atoms with E-state index in [1.807, 2.05) is 0 Å². The van der Waals surface area contributed by atoms with Crippen molar-refractivity contribution in [3.8, 4) is 5.75 Å². The number of nitrogen functional groups attached to an aromatic ring is 1. The molecule has 3 nitrogen and oxygen atoms in total. The quantitative estimate of drug-likeness (QED) is 0.569. The van der Waals surface area contributed by atoms with Crippen LogP contribution in [0.3, 0.4) is 0 Å². The molecule has 1 aromatic carbocycles. The van der Waals surface area contributed by atoms with Gasteiger partial charge in [0, 0.05) is 17.3 Å². The first kappa shape index (κ1) is 10.4. The first-order valence-electron chi connectivity index (χ1n) is 3.85. The van der Waals surface area contributed by atoms with Crippen LogP contribution in [0.4, 0.5) is 14.5 Å². The van der Waals surface area contributed by atoms with Crippen LogP contribution in [-0.2, 0) is 0 Å². The summed E-state index contributed by atoms with van der Waals surface area (Å²) in [7, 11) is 0. The van der Waals surface area contributed by atoms with Crippen molar-refractivity contribution < 1.29 is 18.7 Å². The van der Waals surface area contributed by atoms with Crippen LogP contribution < -0.4 is 5.73 Å². The zero-order valence-corrected chi connectivity index (χ0v) is 7.42. The van der Waals surface area contributed by atoms with Gasteiger partial charge in [-0.05, 0) is 13.0 Å². The van der Waals surface area contributed by atoms with Crippen molar-refractivity contribution in [2.24, 2.45) is 0 Å². The highest BCUT2D eigenvalue weighted by atomic mass is 19.3. The van der Waals surface area contributed by atoms with Gasteiger partial charge in [-0.3, -0.25) is 4.79 Å². The number of aromatic hydroxyl groups is 1.